The minimum absolute atomic E-state index is 0.239. The van der Waals surface area contributed by atoms with Gasteiger partial charge in [-0.3, -0.25) is 4.90 Å². The van der Waals surface area contributed by atoms with Crippen molar-refractivity contribution in [2.75, 3.05) is 33.2 Å². The summed E-state index contributed by atoms with van der Waals surface area (Å²) >= 11 is 0. The van der Waals surface area contributed by atoms with Gasteiger partial charge in [-0.25, -0.2) is 0 Å². The summed E-state index contributed by atoms with van der Waals surface area (Å²) in [5.41, 5.74) is 5.63. The van der Waals surface area contributed by atoms with E-state index in [0.717, 1.165) is 51.9 Å². The van der Waals surface area contributed by atoms with Crippen LogP contribution in [-0.4, -0.2) is 44.2 Å². The zero-order valence-corrected chi connectivity index (χ0v) is 20.0. The van der Waals surface area contributed by atoms with Gasteiger partial charge in [-0.1, -0.05) is 64.0 Å². The molecule has 0 spiro atoms. The van der Waals surface area contributed by atoms with E-state index in [0.29, 0.717) is 6.04 Å². The molecule has 0 bridgehead atoms. The van der Waals surface area contributed by atoms with Crippen molar-refractivity contribution in [1.29, 1.82) is 0 Å². The van der Waals surface area contributed by atoms with Crippen LogP contribution in [0.1, 0.15) is 72.6 Å². The first kappa shape index (κ1) is 25.7. The molecule has 1 aliphatic rings. The van der Waals surface area contributed by atoms with Crippen molar-refractivity contribution in [3.8, 4) is 0 Å². The Morgan fingerprint density at radius 1 is 1.28 bits per heavy atom. The molecule has 1 unspecified atom stereocenters. The molecule has 1 atom stereocenters. The quantitative estimate of drug-likeness (QED) is 0.267. The molecule has 0 aromatic carbocycles. The number of unbranched alkanes of at least 4 members (excludes halogenated alkanes) is 1. The fraction of sp³-hybridized carbons (Fsp3) is 0.692. The number of likely N-dealkylation sites (N-methyl/N-ethyl adjacent to an activating group) is 1. The number of rotatable bonds is 15. The number of hydrogen-bond donors (Lipinski definition) is 2. The van der Waals surface area contributed by atoms with Gasteiger partial charge in [0.25, 0.3) is 0 Å². The average Bonchev–Trinajstić information content (AvgIpc) is 2.69. The largest absolute Gasteiger partial charge is 0.381 e. The molecule has 0 saturated carbocycles. The fourth-order valence-electron chi connectivity index (χ4n) is 3.94. The molecule has 3 nitrogen and oxygen atoms in total. The van der Waals surface area contributed by atoms with Crippen LogP contribution < -0.4 is 10.6 Å². The highest BCUT2D eigenvalue weighted by molar-refractivity contribution is 5.36. The molecular formula is C26H47N3. The van der Waals surface area contributed by atoms with Crippen molar-refractivity contribution in [2.45, 2.75) is 78.7 Å². The number of nitrogens with one attached hydrogen (secondary N) is 2. The minimum atomic E-state index is 0.239. The van der Waals surface area contributed by atoms with Crippen molar-refractivity contribution in [2.24, 2.45) is 5.41 Å². The summed E-state index contributed by atoms with van der Waals surface area (Å²) in [7, 11) is 2.04. The average molecular weight is 402 g/mol. The summed E-state index contributed by atoms with van der Waals surface area (Å²) in [4.78, 5) is 2.60. The maximum atomic E-state index is 4.41. The fourth-order valence-corrected chi connectivity index (χ4v) is 3.94. The van der Waals surface area contributed by atoms with Crippen LogP contribution in [0.3, 0.4) is 0 Å². The monoisotopic (exact) mass is 401 g/mol. The van der Waals surface area contributed by atoms with E-state index in [1.54, 1.807) is 0 Å². The Balaban J connectivity index is 2.85. The predicted octanol–water partition coefficient (Wildman–Crippen LogP) is 5.83. The number of hydrogen-bond acceptors (Lipinski definition) is 3. The van der Waals surface area contributed by atoms with Crippen LogP contribution in [-0.2, 0) is 0 Å². The van der Waals surface area contributed by atoms with Crippen LogP contribution in [0.2, 0.25) is 0 Å². The zero-order chi connectivity index (χ0) is 21.9. The third kappa shape index (κ3) is 9.35. The third-order valence-electron chi connectivity index (χ3n) is 6.13. The van der Waals surface area contributed by atoms with E-state index in [1.807, 2.05) is 7.05 Å². The van der Waals surface area contributed by atoms with Crippen molar-refractivity contribution < 1.29 is 0 Å². The topological polar surface area (TPSA) is 27.3 Å². The summed E-state index contributed by atoms with van der Waals surface area (Å²) in [6, 6.07) is 0.391. The molecule has 2 N–H and O–H groups in total. The van der Waals surface area contributed by atoms with Gasteiger partial charge < -0.3 is 10.6 Å². The van der Waals surface area contributed by atoms with Gasteiger partial charge in [0.1, 0.15) is 0 Å². The van der Waals surface area contributed by atoms with Crippen molar-refractivity contribution in [3.05, 3.63) is 48.2 Å². The molecule has 1 rings (SSSR count). The van der Waals surface area contributed by atoms with E-state index in [2.05, 4.69) is 69.0 Å². The second-order valence-corrected chi connectivity index (χ2v) is 9.42. The molecule has 0 aliphatic carbocycles. The molecular weight excluding hydrogens is 354 g/mol. The smallest absolute Gasteiger partial charge is 0.0469 e. The molecule has 0 amide bonds. The highest BCUT2D eigenvalue weighted by atomic mass is 15.2. The third-order valence-corrected chi connectivity index (χ3v) is 6.13. The van der Waals surface area contributed by atoms with E-state index < -0.39 is 0 Å². The number of allylic oxidation sites excluding steroid dienone is 3. The minimum Gasteiger partial charge on any atom is -0.381 e. The first-order valence-corrected chi connectivity index (χ1v) is 11.6. The molecule has 0 fully saturated rings. The second-order valence-electron chi connectivity index (χ2n) is 9.42. The van der Waals surface area contributed by atoms with Crippen molar-refractivity contribution in [1.82, 2.24) is 15.5 Å². The molecule has 0 radical (unpaired) electrons. The highest BCUT2D eigenvalue weighted by Crippen LogP contribution is 2.29. The van der Waals surface area contributed by atoms with Crippen molar-refractivity contribution >= 4 is 0 Å². The highest BCUT2D eigenvalue weighted by Gasteiger charge is 2.23. The standard InChI is InChI=1S/C26H47N3/c1-9-13-22(5)23-14-15-24(21(3)4)28-25(23)20-29(19-17-27-8)18-12-11-16-26(6,7)10-2/h10,24,27-28H,2-3,5,9,11-20H2,1,4,6-8H3. The molecule has 29 heavy (non-hydrogen) atoms. The predicted molar refractivity (Wildman–Crippen MR) is 130 cm³/mol. The van der Waals surface area contributed by atoms with Gasteiger partial charge in [0.05, 0.1) is 0 Å². The van der Waals surface area contributed by atoms with E-state index >= 15 is 0 Å². The second kappa shape index (κ2) is 13.1. The van der Waals surface area contributed by atoms with Gasteiger partial charge in [0, 0.05) is 31.4 Å². The Bertz CT molecular complexity index is 571. The van der Waals surface area contributed by atoms with Crippen LogP contribution in [0, 0.1) is 5.41 Å². The molecule has 3 heteroatoms. The molecule has 0 aromatic rings. The maximum Gasteiger partial charge on any atom is 0.0469 e. The maximum absolute atomic E-state index is 4.41. The lowest BCUT2D eigenvalue weighted by molar-refractivity contribution is 0.273. The van der Waals surface area contributed by atoms with Crippen LogP contribution >= 0.6 is 0 Å². The summed E-state index contributed by atoms with van der Waals surface area (Å²) in [6.07, 6.45) is 10.2. The summed E-state index contributed by atoms with van der Waals surface area (Å²) in [5, 5.41) is 7.13. The van der Waals surface area contributed by atoms with E-state index in [1.165, 1.54) is 41.7 Å². The normalized spacial score (nSPS) is 17.4. The van der Waals surface area contributed by atoms with Crippen LogP contribution in [0.4, 0.5) is 0 Å². The van der Waals surface area contributed by atoms with E-state index in [4.69, 9.17) is 0 Å². The molecule has 1 heterocycles. The Labute approximate surface area is 181 Å². The van der Waals surface area contributed by atoms with Crippen LogP contribution in [0.25, 0.3) is 0 Å². The van der Waals surface area contributed by atoms with Crippen molar-refractivity contribution in [3.63, 3.8) is 0 Å². The molecule has 0 aromatic heterocycles. The summed E-state index contributed by atoms with van der Waals surface area (Å²) in [5.74, 6) is 0. The molecule has 1 aliphatic heterocycles. The first-order valence-electron chi connectivity index (χ1n) is 11.6. The molecule has 0 saturated heterocycles. The first-order chi connectivity index (χ1) is 13.7. The van der Waals surface area contributed by atoms with E-state index in [-0.39, 0.29) is 5.41 Å². The summed E-state index contributed by atoms with van der Waals surface area (Å²) < 4.78 is 0. The van der Waals surface area contributed by atoms with Gasteiger partial charge in [-0.2, -0.15) is 0 Å². The van der Waals surface area contributed by atoms with Gasteiger partial charge in [0.2, 0.25) is 0 Å². The molecule has 166 valence electrons. The van der Waals surface area contributed by atoms with Gasteiger partial charge in [0.15, 0.2) is 0 Å². The number of nitrogens with zero attached hydrogens (tertiary/aromatic N) is 1. The van der Waals surface area contributed by atoms with Crippen LogP contribution in [0.15, 0.2) is 48.2 Å². The zero-order valence-electron chi connectivity index (χ0n) is 20.0. The lowest BCUT2D eigenvalue weighted by Crippen LogP contribution is -2.41. The van der Waals surface area contributed by atoms with Gasteiger partial charge in [-0.15, -0.1) is 6.58 Å². The lowest BCUT2D eigenvalue weighted by atomic mass is 9.87. The Kier molecular flexibility index (Phi) is 11.6. The van der Waals surface area contributed by atoms with Gasteiger partial charge in [-0.05, 0) is 63.6 Å². The van der Waals surface area contributed by atoms with Gasteiger partial charge >= 0.3 is 0 Å². The SMILES string of the molecule is C=CC(C)(C)CCCCN(CCNC)CC1=C(C(=C)CCC)CCC(C(=C)C)N1. The Hall–Kier alpha value is -1.32. The summed E-state index contributed by atoms with van der Waals surface area (Å²) in [6.45, 7) is 25.7. The van der Waals surface area contributed by atoms with E-state index in [9.17, 15) is 0 Å². The Morgan fingerprint density at radius 3 is 2.59 bits per heavy atom. The van der Waals surface area contributed by atoms with Crippen LogP contribution in [0.5, 0.6) is 0 Å². The lowest BCUT2D eigenvalue weighted by Gasteiger charge is -2.34. The Morgan fingerprint density at radius 2 is 2.00 bits per heavy atom.